The van der Waals surface area contributed by atoms with E-state index in [1.807, 2.05) is 0 Å². The molecule has 0 bridgehead atoms. The number of benzene rings is 2. The van der Waals surface area contributed by atoms with Gasteiger partial charge in [0.05, 0.1) is 19.0 Å². The number of para-hydroxylation sites is 1. The molecule has 0 saturated carbocycles. The Labute approximate surface area is 146 Å². The fourth-order valence-electron chi connectivity index (χ4n) is 1.72. The number of ether oxygens (including phenoxy) is 1. The summed E-state index contributed by atoms with van der Waals surface area (Å²) in [5.41, 5.74) is 3.22. The van der Waals surface area contributed by atoms with Crippen LogP contribution in [0.3, 0.4) is 0 Å². The molecule has 2 rings (SSSR count). The molecule has 8 heteroatoms. The highest BCUT2D eigenvalue weighted by atomic mass is 79.9. The number of rotatable bonds is 4. The highest BCUT2D eigenvalue weighted by Crippen LogP contribution is 2.32. The average molecular weight is 398 g/mol. The number of phenols is 1. The fraction of sp³-hybridized carbons (Fsp3) is 0.0667. The molecule has 0 unspecified atom stereocenters. The molecule has 0 atom stereocenters. The molecule has 23 heavy (non-hydrogen) atoms. The third kappa shape index (κ3) is 4.64. The molecule has 0 aliphatic heterocycles. The van der Waals surface area contributed by atoms with Crippen molar-refractivity contribution in [2.45, 2.75) is 0 Å². The zero-order valence-electron chi connectivity index (χ0n) is 12.0. The Balaban J connectivity index is 2.03. The van der Waals surface area contributed by atoms with E-state index >= 15 is 0 Å². The van der Waals surface area contributed by atoms with E-state index in [1.54, 1.807) is 30.3 Å². The highest BCUT2D eigenvalue weighted by molar-refractivity contribution is 9.10. The number of hydrogen-bond donors (Lipinski definition) is 3. The fourth-order valence-corrected chi connectivity index (χ4v) is 2.34. The van der Waals surface area contributed by atoms with Crippen LogP contribution < -0.4 is 15.5 Å². The van der Waals surface area contributed by atoms with Gasteiger partial charge in [-0.2, -0.15) is 5.10 Å². The lowest BCUT2D eigenvalue weighted by Gasteiger charge is -2.08. The van der Waals surface area contributed by atoms with Crippen LogP contribution in [-0.2, 0) is 0 Å². The molecular formula is C15H13BrFN3O2S. The number of halogens is 2. The van der Waals surface area contributed by atoms with Crippen molar-refractivity contribution in [1.29, 1.82) is 0 Å². The second-order valence-electron chi connectivity index (χ2n) is 4.35. The summed E-state index contributed by atoms with van der Waals surface area (Å²) in [7, 11) is 1.45. The maximum absolute atomic E-state index is 13.5. The van der Waals surface area contributed by atoms with Crippen LogP contribution in [0, 0.1) is 5.82 Å². The van der Waals surface area contributed by atoms with Crippen LogP contribution in [0.25, 0.3) is 0 Å². The van der Waals surface area contributed by atoms with Crippen LogP contribution in [-0.4, -0.2) is 23.5 Å². The van der Waals surface area contributed by atoms with Crippen LogP contribution in [0.4, 0.5) is 10.1 Å². The van der Waals surface area contributed by atoms with Gasteiger partial charge in [-0.3, -0.25) is 5.43 Å². The Hall–Kier alpha value is -2.19. The number of aromatic hydroxyl groups is 1. The predicted octanol–water partition coefficient (Wildman–Crippen LogP) is 3.62. The first kappa shape index (κ1) is 17.2. The minimum absolute atomic E-state index is 0.0470. The second kappa shape index (κ2) is 7.89. The summed E-state index contributed by atoms with van der Waals surface area (Å²) in [6, 6.07) is 9.43. The summed E-state index contributed by atoms with van der Waals surface area (Å²) in [6.07, 6.45) is 1.37. The van der Waals surface area contributed by atoms with Crippen molar-refractivity contribution < 1.29 is 14.2 Å². The van der Waals surface area contributed by atoms with E-state index in [2.05, 4.69) is 31.8 Å². The molecule has 0 fully saturated rings. The Bertz CT molecular complexity index is 755. The Morgan fingerprint density at radius 1 is 1.39 bits per heavy atom. The van der Waals surface area contributed by atoms with Crippen molar-refractivity contribution in [3.05, 3.63) is 52.3 Å². The first-order valence-electron chi connectivity index (χ1n) is 6.42. The lowest BCUT2D eigenvalue weighted by Crippen LogP contribution is -2.24. The Kier molecular flexibility index (Phi) is 5.89. The van der Waals surface area contributed by atoms with E-state index in [4.69, 9.17) is 17.0 Å². The monoisotopic (exact) mass is 397 g/mol. The molecule has 5 nitrogen and oxygen atoms in total. The minimum Gasteiger partial charge on any atom is -0.504 e. The van der Waals surface area contributed by atoms with Crippen molar-refractivity contribution in [3.8, 4) is 11.5 Å². The summed E-state index contributed by atoms with van der Waals surface area (Å²) < 4.78 is 19.2. The van der Waals surface area contributed by atoms with E-state index in [0.717, 1.165) is 4.47 Å². The third-order valence-corrected chi connectivity index (χ3v) is 3.43. The van der Waals surface area contributed by atoms with E-state index in [1.165, 1.54) is 19.4 Å². The van der Waals surface area contributed by atoms with Crippen LogP contribution in [0.15, 0.2) is 46.0 Å². The number of thiocarbonyl (C=S) groups is 1. The molecule has 0 spiro atoms. The molecule has 3 N–H and O–H groups in total. The topological polar surface area (TPSA) is 65.9 Å². The standard InChI is InChI=1S/C15H13BrFN3O2S/c1-22-13-7-10(16)6-9(14(13)21)8-18-20-15(23)19-12-5-3-2-4-11(12)17/h2-8,21H,1H3,(H2,19,20,23)/b18-8+. The van der Waals surface area contributed by atoms with Crippen molar-refractivity contribution in [2.75, 3.05) is 12.4 Å². The SMILES string of the molecule is COc1cc(Br)cc(/C=N/NC(=S)Nc2ccccc2F)c1O. The maximum atomic E-state index is 13.5. The van der Waals surface area contributed by atoms with Crippen molar-refractivity contribution in [2.24, 2.45) is 5.10 Å². The molecule has 0 aliphatic rings. The zero-order valence-corrected chi connectivity index (χ0v) is 14.4. The molecule has 0 saturated heterocycles. The number of methoxy groups -OCH3 is 1. The van der Waals surface area contributed by atoms with Gasteiger partial charge in [-0.05, 0) is 36.5 Å². The van der Waals surface area contributed by atoms with Gasteiger partial charge in [-0.15, -0.1) is 0 Å². The van der Waals surface area contributed by atoms with Gasteiger partial charge in [-0.1, -0.05) is 28.1 Å². The van der Waals surface area contributed by atoms with Gasteiger partial charge in [0.15, 0.2) is 16.6 Å². The van der Waals surface area contributed by atoms with Gasteiger partial charge in [0.2, 0.25) is 0 Å². The van der Waals surface area contributed by atoms with Crippen LogP contribution in [0.5, 0.6) is 11.5 Å². The number of nitrogens with one attached hydrogen (secondary N) is 2. The van der Waals surface area contributed by atoms with Crippen LogP contribution in [0.1, 0.15) is 5.56 Å². The predicted molar refractivity (Wildman–Crippen MR) is 95.7 cm³/mol. The lowest BCUT2D eigenvalue weighted by molar-refractivity contribution is 0.373. The summed E-state index contributed by atoms with van der Waals surface area (Å²) >= 11 is 8.33. The number of hydrogen-bond acceptors (Lipinski definition) is 4. The quantitative estimate of drug-likeness (QED) is 0.417. The van der Waals surface area contributed by atoms with Crippen LogP contribution >= 0.6 is 28.1 Å². The number of nitrogens with zero attached hydrogens (tertiary/aromatic N) is 1. The first-order chi connectivity index (χ1) is 11.0. The third-order valence-electron chi connectivity index (χ3n) is 2.78. The number of phenolic OH excluding ortho intramolecular Hbond substituents is 1. The van der Waals surface area contributed by atoms with Gasteiger partial charge in [-0.25, -0.2) is 4.39 Å². The Morgan fingerprint density at radius 2 is 2.13 bits per heavy atom. The molecule has 0 radical (unpaired) electrons. The second-order valence-corrected chi connectivity index (χ2v) is 5.67. The normalized spacial score (nSPS) is 10.6. The summed E-state index contributed by atoms with van der Waals surface area (Å²) in [6.45, 7) is 0. The molecule has 2 aromatic rings. The number of anilines is 1. The molecule has 0 aliphatic carbocycles. The maximum Gasteiger partial charge on any atom is 0.191 e. The molecular weight excluding hydrogens is 385 g/mol. The molecule has 0 heterocycles. The van der Waals surface area contributed by atoms with Crippen LogP contribution in [0.2, 0.25) is 0 Å². The first-order valence-corrected chi connectivity index (χ1v) is 7.62. The molecule has 120 valence electrons. The lowest BCUT2D eigenvalue weighted by atomic mass is 10.2. The van der Waals surface area contributed by atoms with E-state index in [-0.39, 0.29) is 16.5 Å². The Morgan fingerprint density at radius 3 is 2.83 bits per heavy atom. The average Bonchev–Trinajstić information content (AvgIpc) is 2.52. The minimum atomic E-state index is -0.421. The highest BCUT2D eigenvalue weighted by Gasteiger charge is 2.08. The summed E-state index contributed by atoms with van der Waals surface area (Å²) in [5, 5.41) is 16.7. The number of hydrazone groups is 1. The van der Waals surface area contributed by atoms with Crippen molar-refractivity contribution in [1.82, 2.24) is 5.43 Å². The summed E-state index contributed by atoms with van der Waals surface area (Å²) in [4.78, 5) is 0. The van der Waals surface area contributed by atoms with Crippen molar-refractivity contribution in [3.63, 3.8) is 0 Å². The van der Waals surface area contributed by atoms with Crippen molar-refractivity contribution >= 4 is 45.2 Å². The largest absolute Gasteiger partial charge is 0.504 e. The molecule has 2 aromatic carbocycles. The molecule has 0 amide bonds. The zero-order chi connectivity index (χ0) is 16.8. The molecule has 0 aromatic heterocycles. The van der Waals surface area contributed by atoms with Gasteiger partial charge >= 0.3 is 0 Å². The van der Waals surface area contributed by atoms with Gasteiger partial charge < -0.3 is 15.2 Å². The van der Waals surface area contributed by atoms with E-state index < -0.39 is 5.82 Å². The smallest absolute Gasteiger partial charge is 0.191 e. The summed E-state index contributed by atoms with van der Waals surface area (Å²) in [5.74, 6) is -0.155. The van der Waals surface area contributed by atoms with Gasteiger partial charge in [0.25, 0.3) is 0 Å². The van der Waals surface area contributed by atoms with Gasteiger partial charge in [0.1, 0.15) is 5.82 Å². The van der Waals surface area contributed by atoms with E-state index in [0.29, 0.717) is 11.3 Å². The van der Waals surface area contributed by atoms with Gasteiger partial charge in [0, 0.05) is 10.0 Å². The van der Waals surface area contributed by atoms with E-state index in [9.17, 15) is 9.50 Å².